The van der Waals surface area contributed by atoms with Crippen LogP contribution >= 0.6 is 11.6 Å². The summed E-state index contributed by atoms with van der Waals surface area (Å²) in [7, 11) is -2.95. The fraction of sp³-hybridized carbons (Fsp3) is 0.588. The highest BCUT2D eigenvalue weighted by Gasteiger charge is 2.29. The average Bonchev–Trinajstić information content (AvgIpc) is 2.92. The number of sulfone groups is 1. The molecule has 0 aromatic heterocycles. The van der Waals surface area contributed by atoms with Gasteiger partial charge in [0.2, 0.25) is 5.91 Å². The van der Waals surface area contributed by atoms with E-state index in [-0.39, 0.29) is 23.5 Å². The van der Waals surface area contributed by atoms with E-state index in [0.29, 0.717) is 19.4 Å². The Labute approximate surface area is 154 Å². The number of nitrogens with zero attached hydrogens (tertiary/aromatic N) is 2. The molecule has 2 saturated heterocycles. The van der Waals surface area contributed by atoms with E-state index in [1.807, 2.05) is 18.2 Å². The van der Waals surface area contributed by atoms with Crippen LogP contribution in [0.25, 0.3) is 0 Å². The van der Waals surface area contributed by atoms with E-state index in [0.717, 1.165) is 36.9 Å². The van der Waals surface area contributed by atoms with Crippen LogP contribution in [-0.4, -0.2) is 69.5 Å². The molecule has 2 heterocycles. The summed E-state index contributed by atoms with van der Waals surface area (Å²) in [6.45, 7) is 4.32. The Balaban J connectivity index is 1.38. The van der Waals surface area contributed by atoms with Crippen LogP contribution in [0, 0.1) is 0 Å². The molecule has 138 valence electrons. The van der Waals surface area contributed by atoms with Gasteiger partial charge in [0.25, 0.3) is 0 Å². The van der Waals surface area contributed by atoms with Crippen LogP contribution in [0.1, 0.15) is 12.8 Å². The van der Waals surface area contributed by atoms with Gasteiger partial charge in [-0.15, -0.1) is 0 Å². The maximum absolute atomic E-state index is 12.0. The van der Waals surface area contributed by atoms with Crippen molar-refractivity contribution in [3.05, 3.63) is 29.3 Å². The number of carbonyl (C=O) groups excluding carboxylic acids is 1. The molecule has 8 heteroatoms. The van der Waals surface area contributed by atoms with E-state index in [1.54, 1.807) is 0 Å². The zero-order valence-corrected chi connectivity index (χ0v) is 15.7. The van der Waals surface area contributed by atoms with Crippen molar-refractivity contribution in [2.45, 2.75) is 18.9 Å². The zero-order valence-electron chi connectivity index (χ0n) is 14.2. The lowest BCUT2D eigenvalue weighted by Gasteiger charge is -2.36. The molecule has 1 amide bonds. The maximum Gasteiger partial charge on any atom is 0.221 e. The van der Waals surface area contributed by atoms with Gasteiger partial charge in [-0.25, -0.2) is 8.42 Å². The van der Waals surface area contributed by atoms with Crippen molar-refractivity contribution in [2.75, 3.05) is 49.1 Å². The van der Waals surface area contributed by atoms with E-state index in [2.05, 4.69) is 21.2 Å². The Morgan fingerprint density at radius 2 is 2.00 bits per heavy atom. The van der Waals surface area contributed by atoms with Crippen LogP contribution < -0.4 is 10.2 Å². The summed E-state index contributed by atoms with van der Waals surface area (Å²) in [5, 5.41) is 3.59. The summed E-state index contributed by atoms with van der Waals surface area (Å²) < 4.78 is 22.8. The van der Waals surface area contributed by atoms with Crippen molar-refractivity contribution < 1.29 is 13.2 Å². The average molecular weight is 386 g/mol. The largest absolute Gasteiger partial charge is 0.369 e. The molecule has 0 saturated carbocycles. The van der Waals surface area contributed by atoms with Crippen LogP contribution in [0.2, 0.25) is 5.02 Å². The highest BCUT2D eigenvalue weighted by atomic mass is 35.5. The lowest BCUT2D eigenvalue weighted by Crippen LogP contribution is -2.47. The number of amides is 1. The Hall–Kier alpha value is -1.31. The SMILES string of the molecule is O=C(CCN1CCN(c2cccc(Cl)c2)CC1)NC1CCS(=O)(=O)C1. The van der Waals surface area contributed by atoms with Gasteiger partial charge in [-0.1, -0.05) is 17.7 Å². The first-order valence-corrected chi connectivity index (χ1v) is 10.8. The summed E-state index contributed by atoms with van der Waals surface area (Å²) in [5.41, 5.74) is 1.13. The molecule has 3 rings (SSSR count). The number of anilines is 1. The number of carbonyl (C=O) groups is 1. The minimum absolute atomic E-state index is 0.0561. The molecular weight excluding hydrogens is 362 g/mol. The van der Waals surface area contributed by atoms with Crippen molar-refractivity contribution in [3.63, 3.8) is 0 Å². The lowest BCUT2D eigenvalue weighted by atomic mass is 10.2. The monoisotopic (exact) mass is 385 g/mol. The Morgan fingerprint density at radius 3 is 2.64 bits per heavy atom. The van der Waals surface area contributed by atoms with Crippen LogP contribution in [0.3, 0.4) is 0 Å². The summed E-state index contributed by atoms with van der Waals surface area (Å²) in [6, 6.07) is 7.65. The molecule has 0 aliphatic carbocycles. The molecule has 1 N–H and O–H groups in total. The predicted molar refractivity (Wildman–Crippen MR) is 99.9 cm³/mol. The van der Waals surface area contributed by atoms with E-state index in [4.69, 9.17) is 11.6 Å². The van der Waals surface area contributed by atoms with Gasteiger partial charge in [-0.2, -0.15) is 0 Å². The van der Waals surface area contributed by atoms with E-state index < -0.39 is 9.84 Å². The highest BCUT2D eigenvalue weighted by molar-refractivity contribution is 7.91. The molecule has 2 fully saturated rings. The first kappa shape index (κ1) is 18.5. The number of hydrogen-bond acceptors (Lipinski definition) is 5. The normalized spacial score (nSPS) is 23.6. The molecule has 2 aliphatic rings. The van der Waals surface area contributed by atoms with Crippen LogP contribution in [-0.2, 0) is 14.6 Å². The maximum atomic E-state index is 12.0. The van der Waals surface area contributed by atoms with Gasteiger partial charge in [-0.05, 0) is 24.6 Å². The predicted octanol–water partition coefficient (Wildman–Crippen LogP) is 1.16. The van der Waals surface area contributed by atoms with Crippen LogP contribution in [0.15, 0.2) is 24.3 Å². The first-order valence-electron chi connectivity index (χ1n) is 8.64. The quantitative estimate of drug-likeness (QED) is 0.823. The third-order valence-electron chi connectivity index (χ3n) is 4.80. The van der Waals surface area contributed by atoms with Crippen molar-refractivity contribution in [2.24, 2.45) is 0 Å². The standard InChI is InChI=1S/C17H24ClN3O3S/c18-14-2-1-3-16(12-14)21-9-7-20(8-10-21)6-4-17(22)19-15-5-11-25(23,24)13-15/h1-3,12,15H,4-11,13H2,(H,19,22). The summed E-state index contributed by atoms with van der Waals surface area (Å²) in [6.07, 6.45) is 0.945. The van der Waals surface area contributed by atoms with Gasteiger partial charge in [0.05, 0.1) is 11.5 Å². The third-order valence-corrected chi connectivity index (χ3v) is 6.80. The highest BCUT2D eigenvalue weighted by Crippen LogP contribution is 2.20. The van der Waals surface area contributed by atoms with Gasteiger partial charge in [0.15, 0.2) is 9.84 Å². The number of hydrogen-bond donors (Lipinski definition) is 1. The fourth-order valence-electron chi connectivity index (χ4n) is 3.37. The van der Waals surface area contributed by atoms with Gasteiger partial charge >= 0.3 is 0 Å². The Kier molecular flexibility index (Phi) is 5.86. The van der Waals surface area contributed by atoms with Crippen LogP contribution in [0.4, 0.5) is 5.69 Å². The number of nitrogens with one attached hydrogen (secondary N) is 1. The molecule has 0 bridgehead atoms. The second kappa shape index (κ2) is 7.93. The van der Waals surface area contributed by atoms with Crippen molar-refractivity contribution in [3.8, 4) is 0 Å². The number of halogens is 1. The van der Waals surface area contributed by atoms with Crippen molar-refractivity contribution in [1.29, 1.82) is 0 Å². The van der Waals surface area contributed by atoms with Gasteiger partial charge in [0.1, 0.15) is 0 Å². The van der Waals surface area contributed by atoms with Crippen LogP contribution in [0.5, 0.6) is 0 Å². The topological polar surface area (TPSA) is 69.7 Å². The minimum atomic E-state index is -2.95. The molecule has 0 radical (unpaired) electrons. The second-order valence-corrected chi connectivity index (χ2v) is 9.39. The van der Waals surface area contributed by atoms with E-state index in [9.17, 15) is 13.2 Å². The molecule has 1 aromatic rings. The van der Waals surface area contributed by atoms with Gasteiger partial charge < -0.3 is 10.2 Å². The lowest BCUT2D eigenvalue weighted by molar-refractivity contribution is -0.122. The third kappa shape index (κ3) is 5.33. The fourth-order valence-corrected chi connectivity index (χ4v) is 5.23. The minimum Gasteiger partial charge on any atom is -0.369 e. The van der Waals surface area contributed by atoms with E-state index in [1.165, 1.54) is 0 Å². The molecule has 2 aliphatic heterocycles. The summed E-state index contributed by atoms with van der Waals surface area (Å²) in [5.74, 6) is 0.208. The van der Waals surface area contributed by atoms with E-state index >= 15 is 0 Å². The smallest absolute Gasteiger partial charge is 0.221 e. The Bertz CT molecular complexity index is 718. The molecule has 25 heavy (non-hydrogen) atoms. The molecule has 1 aromatic carbocycles. The summed E-state index contributed by atoms with van der Waals surface area (Å²) >= 11 is 6.05. The van der Waals surface area contributed by atoms with Crippen molar-refractivity contribution in [1.82, 2.24) is 10.2 Å². The molecule has 1 unspecified atom stereocenters. The molecule has 6 nitrogen and oxygen atoms in total. The van der Waals surface area contributed by atoms with Gasteiger partial charge in [0, 0.05) is 55.9 Å². The molecular formula is C17H24ClN3O3S. The Morgan fingerprint density at radius 1 is 1.24 bits per heavy atom. The molecule has 0 spiro atoms. The number of benzene rings is 1. The van der Waals surface area contributed by atoms with Crippen molar-refractivity contribution >= 4 is 33.0 Å². The second-order valence-electron chi connectivity index (χ2n) is 6.73. The first-order chi connectivity index (χ1) is 11.9. The van der Waals surface area contributed by atoms with Gasteiger partial charge in [-0.3, -0.25) is 9.69 Å². The number of piperazine rings is 1. The summed E-state index contributed by atoms with van der Waals surface area (Å²) in [4.78, 5) is 16.6. The molecule has 1 atom stereocenters. The zero-order chi connectivity index (χ0) is 17.9. The number of rotatable bonds is 5.